The maximum Gasteiger partial charge on any atom is 0.202 e. The van der Waals surface area contributed by atoms with Crippen LogP contribution in [0.15, 0.2) is 95.9 Å². The number of hydrogen-bond donors (Lipinski definition) is 0. The van der Waals surface area contributed by atoms with Gasteiger partial charge in [0.2, 0.25) is 9.84 Å². The highest BCUT2D eigenvalue weighted by Gasteiger charge is 2.45. The summed E-state index contributed by atoms with van der Waals surface area (Å²) in [4.78, 5) is 0.282. The number of halogens is 1. The highest BCUT2D eigenvalue weighted by Crippen LogP contribution is 2.46. The number of sulfone groups is 1. The molecule has 0 unspecified atom stereocenters. The Labute approximate surface area is 144 Å². The van der Waals surface area contributed by atoms with Gasteiger partial charge in [0.15, 0.2) is 3.66 Å². The Morgan fingerprint density at radius 1 is 0.609 bits per heavy atom. The van der Waals surface area contributed by atoms with Crippen molar-refractivity contribution in [1.82, 2.24) is 0 Å². The molecule has 0 aromatic heterocycles. The van der Waals surface area contributed by atoms with E-state index in [-0.39, 0.29) is 4.90 Å². The van der Waals surface area contributed by atoms with Gasteiger partial charge >= 0.3 is 0 Å². The smallest absolute Gasteiger partial charge is 0.202 e. The van der Waals surface area contributed by atoms with Gasteiger partial charge < -0.3 is 0 Å². The maximum atomic E-state index is 13.4. The first-order valence-electron chi connectivity index (χ1n) is 7.16. The maximum absolute atomic E-state index is 13.4. The van der Waals surface area contributed by atoms with Crippen LogP contribution >= 0.6 is 15.9 Å². The van der Waals surface area contributed by atoms with E-state index in [4.69, 9.17) is 0 Å². The fraction of sp³-hybridized carbons (Fsp3) is 0.0526. The lowest BCUT2D eigenvalue weighted by Gasteiger charge is -2.28. The van der Waals surface area contributed by atoms with E-state index in [9.17, 15) is 8.42 Å². The van der Waals surface area contributed by atoms with Crippen LogP contribution in [0.4, 0.5) is 0 Å². The minimum atomic E-state index is -3.69. The van der Waals surface area contributed by atoms with E-state index in [1.165, 1.54) is 0 Å². The molecule has 3 aromatic rings. The van der Waals surface area contributed by atoms with Gasteiger partial charge in [0, 0.05) is 0 Å². The number of hydrogen-bond acceptors (Lipinski definition) is 2. The van der Waals surface area contributed by atoms with Crippen LogP contribution in [0.2, 0.25) is 0 Å². The molecule has 0 saturated carbocycles. The zero-order valence-electron chi connectivity index (χ0n) is 12.3. The van der Waals surface area contributed by atoms with Crippen LogP contribution in [0.25, 0.3) is 0 Å². The first kappa shape index (κ1) is 16.0. The molecule has 0 radical (unpaired) electrons. The fourth-order valence-corrected chi connectivity index (χ4v) is 5.37. The van der Waals surface area contributed by atoms with Gasteiger partial charge in [0.05, 0.1) is 4.90 Å². The van der Waals surface area contributed by atoms with Crippen molar-refractivity contribution in [2.75, 3.05) is 0 Å². The van der Waals surface area contributed by atoms with Crippen molar-refractivity contribution in [3.63, 3.8) is 0 Å². The molecule has 0 heterocycles. The molecule has 0 N–H and O–H groups in total. The number of rotatable bonds is 4. The van der Waals surface area contributed by atoms with Crippen molar-refractivity contribution in [3.05, 3.63) is 102 Å². The average molecular weight is 387 g/mol. The molecule has 2 nitrogen and oxygen atoms in total. The first-order valence-corrected chi connectivity index (χ1v) is 9.44. The monoisotopic (exact) mass is 386 g/mol. The van der Waals surface area contributed by atoms with Crippen molar-refractivity contribution in [1.29, 1.82) is 0 Å². The second-order valence-electron chi connectivity index (χ2n) is 5.14. The SMILES string of the molecule is O=S(=O)(c1ccccc1)C(Br)(c1ccccc1)c1ccccc1. The minimum absolute atomic E-state index is 0.282. The lowest BCUT2D eigenvalue weighted by molar-refractivity contribution is 0.585. The molecule has 0 bridgehead atoms. The highest BCUT2D eigenvalue weighted by molar-refractivity contribution is 9.11. The summed E-state index contributed by atoms with van der Waals surface area (Å²) in [6, 6.07) is 26.9. The summed E-state index contributed by atoms with van der Waals surface area (Å²) < 4.78 is 25.5. The van der Waals surface area contributed by atoms with E-state index in [0.717, 1.165) is 0 Å². The summed E-state index contributed by atoms with van der Waals surface area (Å²) in [5.74, 6) is 0. The molecule has 116 valence electrons. The first-order chi connectivity index (χ1) is 11.1. The molecule has 0 amide bonds. The molecule has 0 aliphatic rings. The molecule has 0 aliphatic carbocycles. The van der Waals surface area contributed by atoms with Gasteiger partial charge in [-0.2, -0.15) is 0 Å². The Balaban J connectivity index is 2.30. The van der Waals surface area contributed by atoms with Crippen molar-refractivity contribution in [2.45, 2.75) is 8.55 Å². The Morgan fingerprint density at radius 2 is 0.957 bits per heavy atom. The minimum Gasteiger partial charge on any atom is -0.222 e. The van der Waals surface area contributed by atoms with E-state index >= 15 is 0 Å². The predicted octanol–water partition coefficient (Wildman–Crippen LogP) is 4.76. The molecule has 0 fully saturated rings. The van der Waals surface area contributed by atoms with E-state index in [1.807, 2.05) is 60.7 Å². The molecule has 3 aromatic carbocycles. The van der Waals surface area contributed by atoms with E-state index in [0.29, 0.717) is 11.1 Å². The molecule has 0 atom stereocenters. The Morgan fingerprint density at radius 3 is 1.35 bits per heavy atom. The number of benzene rings is 3. The third kappa shape index (κ3) is 2.73. The van der Waals surface area contributed by atoms with Crippen LogP contribution in [0.5, 0.6) is 0 Å². The molecule has 23 heavy (non-hydrogen) atoms. The van der Waals surface area contributed by atoms with Gasteiger partial charge in [-0.25, -0.2) is 8.42 Å². The molecule has 0 aliphatic heterocycles. The summed E-state index contributed by atoms with van der Waals surface area (Å²) >= 11 is 3.57. The van der Waals surface area contributed by atoms with Crippen LogP contribution < -0.4 is 0 Å². The van der Waals surface area contributed by atoms with Crippen LogP contribution in [0.1, 0.15) is 11.1 Å². The number of alkyl halides is 1. The summed E-state index contributed by atoms with van der Waals surface area (Å²) in [6.07, 6.45) is 0. The van der Waals surface area contributed by atoms with Gasteiger partial charge in [-0.1, -0.05) is 94.8 Å². The van der Waals surface area contributed by atoms with Crippen LogP contribution in [-0.2, 0) is 13.5 Å². The summed E-state index contributed by atoms with van der Waals surface area (Å²) in [5.41, 5.74) is 1.35. The van der Waals surface area contributed by atoms with Gasteiger partial charge in [-0.15, -0.1) is 0 Å². The molecule has 0 saturated heterocycles. The van der Waals surface area contributed by atoms with E-state index in [2.05, 4.69) is 15.9 Å². The standard InChI is InChI=1S/C19H15BrO2S/c20-19(16-10-4-1-5-11-16,17-12-6-2-7-13-17)23(21,22)18-14-8-3-9-15-18/h1-15H. The topological polar surface area (TPSA) is 34.1 Å². The third-order valence-electron chi connectivity index (χ3n) is 3.71. The summed E-state index contributed by atoms with van der Waals surface area (Å²) in [7, 11) is -3.69. The largest absolute Gasteiger partial charge is 0.222 e. The zero-order chi connectivity index (χ0) is 16.3. The predicted molar refractivity (Wildman–Crippen MR) is 96.2 cm³/mol. The van der Waals surface area contributed by atoms with Crippen molar-refractivity contribution < 1.29 is 8.42 Å². The zero-order valence-corrected chi connectivity index (χ0v) is 14.7. The lowest BCUT2D eigenvalue weighted by Crippen LogP contribution is -2.31. The molecule has 4 heteroatoms. The molecule has 3 rings (SSSR count). The second-order valence-corrected chi connectivity index (χ2v) is 8.95. The third-order valence-corrected chi connectivity index (χ3v) is 8.01. The fourth-order valence-electron chi connectivity index (χ4n) is 2.54. The lowest BCUT2D eigenvalue weighted by atomic mass is 10.0. The van der Waals surface area contributed by atoms with E-state index in [1.54, 1.807) is 30.3 Å². The molecular formula is C19H15BrO2S. The van der Waals surface area contributed by atoms with Crippen LogP contribution in [0, 0.1) is 0 Å². The Hall–Kier alpha value is -1.91. The molecular weight excluding hydrogens is 372 g/mol. The second kappa shape index (κ2) is 6.30. The summed E-state index contributed by atoms with van der Waals surface area (Å²) in [6.45, 7) is 0. The van der Waals surface area contributed by atoms with Crippen molar-refractivity contribution in [2.24, 2.45) is 0 Å². The normalized spacial score (nSPS) is 12.0. The van der Waals surface area contributed by atoms with Crippen LogP contribution in [0.3, 0.4) is 0 Å². The van der Waals surface area contributed by atoms with Crippen molar-refractivity contribution in [3.8, 4) is 0 Å². The van der Waals surface area contributed by atoms with Gasteiger partial charge in [-0.3, -0.25) is 0 Å². The van der Waals surface area contributed by atoms with Gasteiger partial charge in [0.1, 0.15) is 0 Å². The molecule has 0 spiro atoms. The average Bonchev–Trinajstić information content (AvgIpc) is 2.63. The summed E-state index contributed by atoms with van der Waals surface area (Å²) in [5, 5.41) is 0. The van der Waals surface area contributed by atoms with Crippen molar-refractivity contribution >= 4 is 25.8 Å². The quantitative estimate of drug-likeness (QED) is 0.605. The Kier molecular flexibility index (Phi) is 4.37. The van der Waals surface area contributed by atoms with Gasteiger partial charge in [-0.05, 0) is 23.3 Å². The van der Waals surface area contributed by atoms with Crippen LogP contribution in [-0.4, -0.2) is 8.42 Å². The highest BCUT2D eigenvalue weighted by atomic mass is 79.9. The van der Waals surface area contributed by atoms with Gasteiger partial charge in [0.25, 0.3) is 0 Å². The van der Waals surface area contributed by atoms with E-state index < -0.39 is 13.5 Å². The Bertz CT molecular complexity index is 837.